The molecule has 1 aromatic rings. The molecule has 5 atom stereocenters. The first-order valence-electron chi connectivity index (χ1n) is 16.1. The molecule has 3 rings (SSSR count). The lowest BCUT2D eigenvalue weighted by Gasteiger charge is -2.34. The number of aliphatic hydroxyl groups is 2. The minimum absolute atomic E-state index is 0.0271. The third-order valence-corrected chi connectivity index (χ3v) is 9.91. The number of hydrogen-bond donors (Lipinski definition) is 4. The molecule has 0 aliphatic heterocycles. The second-order valence-electron chi connectivity index (χ2n) is 14.1. The van der Waals surface area contributed by atoms with Gasteiger partial charge in [0.25, 0.3) is 0 Å². The van der Waals surface area contributed by atoms with E-state index in [4.69, 9.17) is 0 Å². The van der Waals surface area contributed by atoms with E-state index in [0.29, 0.717) is 43.3 Å². The number of amides is 2. The average molecular weight is 589 g/mol. The molecule has 232 valence electrons. The van der Waals surface area contributed by atoms with Crippen LogP contribution in [0.3, 0.4) is 0 Å². The van der Waals surface area contributed by atoms with E-state index in [9.17, 15) is 19.8 Å². The summed E-state index contributed by atoms with van der Waals surface area (Å²) in [4.78, 5) is 27.6. The van der Waals surface area contributed by atoms with Crippen molar-refractivity contribution in [3.05, 3.63) is 35.9 Å². The van der Waals surface area contributed by atoms with E-state index in [-0.39, 0.29) is 28.4 Å². The molecule has 7 heteroatoms. The smallest absolute Gasteiger partial charge is 0.242 e. The van der Waals surface area contributed by atoms with Gasteiger partial charge in [-0.25, -0.2) is 0 Å². The number of benzene rings is 1. The van der Waals surface area contributed by atoms with Crippen LogP contribution < -0.4 is 10.6 Å². The van der Waals surface area contributed by atoms with Gasteiger partial charge in [-0.15, -0.1) is 0 Å². The lowest BCUT2D eigenvalue weighted by atomic mass is 9.82. The van der Waals surface area contributed by atoms with E-state index in [0.717, 1.165) is 31.2 Å². The van der Waals surface area contributed by atoms with Gasteiger partial charge in [0.05, 0.1) is 18.1 Å². The molecule has 2 aliphatic carbocycles. The fraction of sp³-hybridized carbons (Fsp3) is 0.765. The normalized spacial score (nSPS) is 20.2. The molecule has 1 unspecified atom stereocenters. The first-order valence-corrected chi connectivity index (χ1v) is 17.0. The molecule has 0 radical (unpaired) electrons. The summed E-state index contributed by atoms with van der Waals surface area (Å²) in [6, 6.07) is 8.90. The highest BCUT2D eigenvalue weighted by Crippen LogP contribution is 2.34. The van der Waals surface area contributed by atoms with Crippen molar-refractivity contribution in [3.63, 3.8) is 0 Å². The van der Waals surface area contributed by atoms with E-state index in [2.05, 4.69) is 43.5 Å². The van der Waals surface area contributed by atoms with Gasteiger partial charge >= 0.3 is 0 Å². The Morgan fingerprint density at radius 2 is 1.54 bits per heavy atom. The predicted octanol–water partition coefficient (Wildman–Crippen LogP) is 5.89. The Balaban J connectivity index is 1.74. The SMILES string of the molecule is CC(C)C[C@H](O)[C@H](O)[C@H](CC1CCCCC1)NC(=O)[C@@H](CC1CC1)NC(=O)C(CSC(C)(C)C)Cc1ccccc1. The molecule has 0 saturated heterocycles. The Morgan fingerprint density at radius 3 is 2.12 bits per heavy atom. The lowest BCUT2D eigenvalue weighted by Crippen LogP contribution is -2.56. The van der Waals surface area contributed by atoms with Crippen LogP contribution in [-0.4, -0.2) is 56.8 Å². The Hall–Kier alpha value is -1.57. The van der Waals surface area contributed by atoms with Gasteiger partial charge in [-0.1, -0.05) is 110 Å². The van der Waals surface area contributed by atoms with Crippen molar-refractivity contribution < 1.29 is 19.8 Å². The van der Waals surface area contributed by atoms with Crippen molar-refractivity contribution in [1.82, 2.24) is 10.6 Å². The zero-order valence-corrected chi connectivity index (χ0v) is 26.9. The Bertz CT molecular complexity index is 924. The number of aliphatic hydroxyl groups excluding tert-OH is 2. The molecular formula is C34H56N2O4S. The maximum atomic E-state index is 13.8. The third-order valence-electron chi connectivity index (χ3n) is 8.47. The molecule has 4 N–H and O–H groups in total. The van der Waals surface area contributed by atoms with Crippen molar-refractivity contribution in [3.8, 4) is 0 Å². The van der Waals surface area contributed by atoms with Crippen LogP contribution in [0, 0.1) is 23.7 Å². The minimum Gasteiger partial charge on any atom is -0.390 e. The third kappa shape index (κ3) is 12.7. The number of hydrogen-bond acceptors (Lipinski definition) is 5. The fourth-order valence-corrected chi connectivity index (χ4v) is 6.89. The summed E-state index contributed by atoms with van der Waals surface area (Å²) in [5.74, 6) is 1.20. The lowest BCUT2D eigenvalue weighted by molar-refractivity contribution is -0.132. The number of carbonyl (C=O) groups is 2. The number of thioether (sulfide) groups is 1. The summed E-state index contributed by atoms with van der Waals surface area (Å²) in [5, 5.41) is 28.3. The molecule has 0 bridgehead atoms. The van der Waals surface area contributed by atoms with E-state index in [1.165, 1.54) is 19.3 Å². The van der Waals surface area contributed by atoms with Crippen LogP contribution in [0.5, 0.6) is 0 Å². The first kappa shape index (κ1) is 33.9. The molecule has 2 saturated carbocycles. The standard InChI is InChI=1S/C34H56N2O4S/c1-23(2)18-30(37)31(38)28(20-25-14-10-7-11-15-25)35-33(40)29(21-26-16-17-26)36-32(39)27(22-41-34(3,4)5)19-24-12-8-6-9-13-24/h6,8-9,12-13,23,25-31,37-38H,7,10-11,14-22H2,1-5H3,(H,35,40)(H,36,39)/t27?,28-,29+,30-,31+/m0/s1. The van der Waals surface area contributed by atoms with Gasteiger partial charge in [0.2, 0.25) is 11.8 Å². The number of rotatable bonds is 16. The Labute approximate surface area is 253 Å². The summed E-state index contributed by atoms with van der Waals surface area (Å²) < 4.78 is 0.0271. The van der Waals surface area contributed by atoms with Crippen molar-refractivity contribution >= 4 is 23.6 Å². The van der Waals surface area contributed by atoms with E-state index in [1.807, 2.05) is 32.0 Å². The molecule has 0 heterocycles. The topological polar surface area (TPSA) is 98.7 Å². The van der Waals surface area contributed by atoms with Gasteiger partial charge in [0.1, 0.15) is 12.1 Å². The summed E-state index contributed by atoms with van der Waals surface area (Å²) in [7, 11) is 0. The van der Waals surface area contributed by atoms with Gasteiger partial charge in [0.15, 0.2) is 0 Å². The van der Waals surface area contributed by atoms with Crippen LogP contribution >= 0.6 is 11.8 Å². The monoisotopic (exact) mass is 588 g/mol. The van der Waals surface area contributed by atoms with Crippen molar-refractivity contribution in [1.29, 1.82) is 0 Å². The Kier molecular flexibility index (Phi) is 13.5. The molecule has 41 heavy (non-hydrogen) atoms. The maximum Gasteiger partial charge on any atom is 0.242 e. The summed E-state index contributed by atoms with van der Waals surface area (Å²) in [6.07, 6.45) is 8.36. The van der Waals surface area contributed by atoms with Crippen LogP contribution in [0.1, 0.15) is 104 Å². The second-order valence-corrected chi connectivity index (χ2v) is 15.9. The molecule has 0 spiro atoms. The summed E-state index contributed by atoms with van der Waals surface area (Å²) in [6.45, 7) is 10.5. The van der Waals surface area contributed by atoms with Crippen LogP contribution in [0.2, 0.25) is 0 Å². The fourth-order valence-electron chi connectivity index (χ4n) is 5.92. The average Bonchev–Trinajstić information content (AvgIpc) is 3.74. The molecule has 1 aromatic carbocycles. The zero-order valence-electron chi connectivity index (χ0n) is 26.1. The highest BCUT2D eigenvalue weighted by molar-refractivity contribution is 8.00. The van der Waals surface area contributed by atoms with Crippen LogP contribution in [0.25, 0.3) is 0 Å². The number of nitrogens with one attached hydrogen (secondary N) is 2. The van der Waals surface area contributed by atoms with Crippen molar-refractivity contribution in [2.75, 3.05) is 5.75 Å². The summed E-state index contributed by atoms with van der Waals surface area (Å²) in [5.41, 5.74) is 1.11. The van der Waals surface area contributed by atoms with Crippen molar-refractivity contribution in [2.24, 2.45) is 23.7 Å². The first-order chi connectivity index (χ1) is 19.4. The predicted molar refractivity (Wildman–Crippen MR) is 170 cm³/mol. The minimum atomic E-state index is -1.03. The van der Waals surface area contributed by atoms with Gasteiger partial charge in [0, 0.05) is 10.5 Å². The molecule has 2 fully saturated rings. The van der Waals surface area contributed by atoms with Gasteiger partial charge in [-0.3, -0.25) is 9.59 Å². The molecule has 6 nitrogen and oxygen atoms in total. The van der Waals surface area contributed by atoms with Crippen LogP contribution in [0.15, 0.2) is 30.3 Å². The second kappa shape index (κ2) is 16.3. The largest absolute Gasteiger partial charge is 0.390 e. The molecular weight excluding hydrogens is 532 g/mol. The van der Waals surface area contributed by atoms with Gasteiger partial charge < -0.3 is 20.8 Å². The molecule has 2 aliphatic rings. The van der Waals surface area contributed by atoms with Gasteiger partial charge in [-0.05, 0) is 49.0 Å². The highest BCUT2D eigenvalue weighted by atomic mass is 32.2. The Morgan fingerprint density at radius 1 is 0.902 bits per heavy atom. The van der Waals surface area contributed by atoms with Gasteiger partial charge in [-0.2, -0.15) is 11.8 Å². The van der Waals surface area contributed by atoms with E-state index in [1.54, 1.807) is 11.8 Å². The number of carbonyl (C=O) groups excluding carboxylic acids is 2. The summed E-state index contributed by atoms with van der Waals surface area (Å²) >= 11 is 1.77. The molecule has 0 aromatic heterocycles. The maximum absolute atomic E-state index is 13.8. The zero-order chi connectivity index (χ0) is 30.0. The van der Waals surface area contributed by atoms with E-state index < -0.39 is 24.3 Å². The van der Waals surface area contributed by atoms with Crippen molar-refractivity contribution in [2.45, 2.75) is 134 Å². The highest BCUT2D eigenvalue weighted by Gasteiger charge is 2.36. The van der Waals surface area contributed by atoms with E-state index >= 15 is 0 Å². The molecule has 2 amide bonds. The van der Waals surface area contributed by atoms with Crippen LogP contribution in [-0.2, 0) is 16.0 Å². The quantitative estimate of drug-likeness (QED) is 0.193. The van der Waals surface area contributed by atoms with Crippen LogP contribution in [0.4, 0.5) is 0 Å².